The van der Waals surface area contributed by atoms with Gasteiger partial charge >= 0.3 is 0 Å². The summed E-state index contributed by atoms with van der Waals surface area (Å²) in [4.78, 5) is 15.9. The zero-order valence-electron chi connectivity index (χ0n) is 18.7. The molecule has 1 heterocycles. The zero-order chi connectivity index (χ0) is 22.6. The Bertz CT molecular complexity index is 926. The van der Waals surface area contributed by atoms with Gasteiger partial charge in [0.25, 0.3) is 0 Å². The van der Waals surface area contributed by atoms with Crippen LogP contribution in [0, 0.1) is 5.92 Å². The first-order chi connectivity index (χ1) is 15.5. The normalized spacial score (nSPS) is 20.8. The maximum atomic E-state index is 13.4. The summed E-state index contributed by atoms with van der Waals surface area (Å²) >= 11 is 12.6. The van der Waals surface area contributed by atoms with Gasteiger partial charge in [-0.2, -0.15) is 0 Å². The SMILES string of the molecule is C[C@H]1CCCN(CCOc2ccc(NC(=O)C3(c4ccc(Cl)cc4Cl)CCCC3)cc2)C1. The molecule has 1 amide bonds. The second-order valence-corrected chi connectivity index (χ2v) is 10.1. The Morgan fingerprint density at radius 2 is 1.88 bits per heavy atom. The van der Waals surface area contributed by atoms with Crippen LogP contribution in [0.15, 0.2) is 42.5 Å². The van der Waals surface area contributed by atoms with Gasteiger partial charge in [-0.3, -0.25) is 9.69 Å². The van der Waals surface area contributed by atoms with Crippen molar-refractivity contribution in [2.75, 3.05) is 31.6 Å². The maximum Gasteiger partial charge on any atom is 0.235 e. The predicted molar refractivity (Wildman–Crippen MR) is 132 cm³/mol. The molecule has 172 valence electrons. The van der Waals surface area contributed by atoms with Gasteiger partial charge in [-0.15, -0.1) is 0 Å². The van der Waals surface area contributed by atoms with Gasteiger partial charge in [0.2, 0.25) is 5.91 Å². The molecule has 6 heteroatoms. The molecule has 4 nitrogen and oxygen atoms in total. The Morgan fingerprint density at radius 1 is 1.12 bits per heavy atom. The molecule has 1 saturated carbocycles. The third-order valence-corrected chi connectivity index (χ3v) is 7.42. The predicted octanol–water partition coefficient (Wildman–Crippen LogP) is 6.55. The minimum absolute atomic E-state index is 0.00731. The van der Waals surface area contributed by atoms with Crippen LogP contribution in [-0.4, -0.2) is 37.0 Å². The van der Waals surface area contributed by atoms with Gasteiger partial charge in [0.1, 0.15) is 12.4 Å². The summed E-state index contributed by atoms with van der Waals surface area (Å²) < 4.78 is 5.94. The van der Waals surface area contributed by atoms with E-state index in [0.29, 0.717) is 16.7 Å². The highest BCUT2D eigenvalue weighted by atomic mass is 35.5. The largest absolute Gasteiger partial charge is 0.492 e. The molecule has 1 atom stereocenters. The van der Waals surface area contributed by atoms with E-state index in [1.807, 2.05) is 36.4 Å². The summed E-state index contributed by atoms with van der Waals surface area (Å²) in [6, 6.07) is 13.1. The van der Waals surface area contributed by atoms with Gasteiger partial charge in [0.15, 0.2) is 0 Å². The molecule has 2 aliphatic rings. The highest BCUT2D eigenvalue weighted by Gasteiger charge is 2.44. The number of hydrogen-bond acceptors (Lipinski definition) is 3. The number of ether oxygens (including phenoxy) is 1. The number of benzene rings is 2. The van der Waals surface area contributed by atoms with Crippen LogP contribution in [0.5, 0.6) is 5.75 Å². The number of carbonyl (C=O) groups is 1. The standard InChI is InChI=1S/C26H32Cl2N2O2/c1-19-5-4-14-30(18-19)15-16-32-22-9-7-21(8-10-22)29-25(31)26(12-2-3-13-26)23-11-6-20(27)17-24(23)28/h6-11,17,19H,2-5,12-16,18H2,1H3,(H,29,31)/t19-/m0/s1. The molecular weight excluding hydrogens is 443 g/mol. The molecule has 32 heavy (non-hydrogen) atoms. The molecular formula is C26H32Cl2N2O2. The third kappa shape index (κ3) is 5.41. The minimum Gasteiger partial charge on any atom is -0.492 e. The monoisotopic (exact) mass is 474 g/mol. The lowest BCUT2D eigenvalue weighted by Crippen LogP contribution is -2.38. The molecule has 0 bridgehead atoms. The van der Waals surface area contributed by atoms with Crippen LogP contribution in [0.25, 0.3) is 0 Å². The number of amides is 1. The van der Waals surface area contributed by atoms with E-state index < -0.39 is 5.41 Å². The topological polar surface area (TPSA) is 41.6 Å². The molecule has 0 aromatic heterocycles. The minimum atomic E-state index is -0.609. The molecule has 2 aromatic carbocycles. The first kappa shape index (κ1) is 23.4. The summed E-state index contributed by atoms with van der Waals surface area (Å²) in [5, 5.41) is 4.25. The number of hydrogen-bond donors (Lipinski definition) is 1. The van der Waals surface area contributed by atoms with Crippen molar-refractivity contribution >= 4 is 34.8 Å². The molecule has 0 spiro atoms. The van der Waals surface area contributed by atoms with E-state index in [-0.39, 0.29) is 5.91 Å². The lowest BCUT2D eigenvalue weighted by molar-refractivity contribution is -0.121. The van der Waals surface area contributed by atoms with Crippen molar-refractivity contribution in [2.45, 2.75) is 50.9 Å². The highest BCUT2D eigenvalue weighted by molar-refractivity contribution is 6.35. The van der Waals surface area contributed by atoms with E-state index in [0.717, 1.165) is 68.2 Å². The average Bonchev–Trinajstić information content (AvgIpc) is 3.26. The van der Waals surface area contributed by atoms with E-state index in [1.54, 1.807) is 6.07 Å². The number of rotatable bonds is 7. The van der Waals surface area contributed by atoms with E-state index in [4.69, 9.17) is 27.9 Å². The smallest absolute Gasteiger partial charge is 0.235 e. The first-order valence-electron chi connectivity index (χ1n) is 11.7. The lowest BCUT2D eigenvalue weighted by atomic mass is 9.78. The summed E-state index contributed by atoms with van der Waals surface area (Å²) in [6.45, 7) is 6.27. The lowest BCUT2D eigenvalue weighted by Gasteiger charge is -2.30. The number of nitrogens with one attached hydrogen (secondary N) is 1. The van der Waals surface area contributed by atoms with Gasteiger partial charge in [-0.05, 0) is 80.1 Å². The Balaban J connectivity index is 1.36. The van der Waals surface area contributed by atoms with Crippen LogP contribution in [0.3, 0.4) is 0 Å². The second-order valence-electron chi connectivity index (χ2n) is 9.29. The van der Waals surface area contributed by atoms with Crippen molar-refractivity contribution in [3.05, 3.63) is 58.1 Å². The third-order valence-electron chi connectivity index (χ3n) is 6.87. The second kappa shape index (κ2) is 10.5. The summed E-state index contributed by atoms with van der Waals surface area (Å²) in [7, 11) is 0. The van der Waals surface area contributed by atoms with Crippen LogP contribution in [0.2, 0.25) is 10.0 Å². The number of anilines is 1. The Hall–Kier alpha value is -1.75. The summed E-state index contributed by atoms with van der Waals surface area (Å²) in [5.41, 5.74) is 1.02. The molecule has 2 aromatic rings. The Kier molecular flexibility index (Phi) is 7.65. The first-order valence-corrected chi connectivity index (χ1v) is 12.4. The number of likely N-dealkylation sites (tertiary alicyclic amines) is 1. The molecule has 1 N–H and O–H groups in total. The van der Waals surface area contributed by atoms with Crippen molar-refractivity contribution in [1.82, 2.24) is 4.90 Å². The van der Waals surface area contributed by atoms with Gasteiger partial charge in [-0.25, -0.2) is 0 Å². The van der Waals surface area contributed by atoms with Crippen molar-refractivity contribution in [1.29, 1.82) is 0 Å². The van der Waals surface area contributed by atoms with Crippen LogP contribution < -0.4 is 10.1 Å². The fraction of sp³-hybridized carbons (Fsp3) is 0.500. The van der Waals surface area contributed by atoms with Crippen molar-refractivity contribution in [3.63, 3.8) is 0 Å². The molecule has 4 rings (SSSR count). The number of carbonyl (C=O) groups excluding carboxylic acids is 1. The number of nitrogens with zero attached hydrogens (tertiary/aromatic N) is 1. The highest BCUT2D eigenvalue weighted by Crippen LogP contribution is 2.45. The van der Waals surface area contributed by atoms with Gasteiger partial charge in [0, 0.05) is 28.8 Å². The maximum absolute atomic E-state index is 13.4. The van der Waals surface area contributed by atoms with Crippen LogP contribution in [0.4, 0.5) is 5.69 Å². The Labute approximate surface area is 201 Å². The quantitative estimate of drug-likeness (QED) is 0.494. The van der Waals surface area contributed by atoms with Crippen LogP contribution in [-0.2, 0) is 10.2 Å². The fourth-order valence-electron chi connectivity index (χ4n) is 5.14. The van der Waals surface area contributed by atoms with E-state index in [9.17, 15) is 4.79 Å². The molecule has 1 saturated heterocycles. The van der Waals surface area contributed by atoms with Gasteiger partial charge < -0.3 is 10.1 Å². The van der Waals surface area contributed by atoms with Crippen LogP contribution in [0.1, 0.15) is 51.0 Å². The molecule has 2 fully saturated rings. The fourth-order valence-corrected chi connectivity index (χ4v) is 5.73. The van der Waals surface area contributed by atoms with E-state index in [2.05, 4.69) is 17.1 Å². The van der Waals surface area contributed by atoms with E-state index >= 15 is 0 Å². The summed E-state index contributed by atoms with van der Waals surface area (Å²) in [5.74, 6) is 1.59. The Morgan fingerprint density at radius 3 is 2.56 bits per heavy atom. The average molecular weight is 475 g/mol. The number of piperidine rings is 1. The molecule has 1 aliphatic heterocycles. The van der Waals surface area contributed by atoms with Crippen LogP contribution >= 0.6 is 23.2 Å². The molecule has 0 unspecified atom stereocenters. The van der Waals surface area contributed by atoms with Crippen molar-refractivity contribution in [2.24, 2.45) is 5.92 Å². The van der Waals surface area contributed by atoms with Gasteiger partial charge in [0.05, 0.1) is 5.41 Å². The molecule has 1 aliphatic carbocycles. The van der Waals surface area contributed by atoms with Gasteiger partial charge in [-0.1, -0.05) is 49.0 Å². The number of halogens is 2. The van der Waals surface area contributed by atoms with E-state index in [1.165, 1.54) is 12.8 Å². The molecule has 0 radical (unpaired) electrons. The summed E-state index contributed by atoms with van der Waals surface area (Å²) in [6.07, 6.45) is 6.20. The zero-order valence-corrected chi connectivity index (χ0v) is 20.2. The van der Waals surface area contributed by atoms with Crippen molar-refractivity contribution in [3.8, 4) is 5.75 Å². The van der Waals surface area contributed by atoms with Crippen molar-refractivity contribution < 1.29 is 9.53 Å².